The summed E-state index contributed by atoms with van der Waals surface area (Å²) in [6.07, 6.45) is -1.98. The van der Waals surface area contributed by atoms with Crippen LogP contribution in [-0.2, 0) is 0 Å². The van der Waals surface area contributed by atoms with E-state index in [9.17, 15) is 13.6 Å². The number of nitrogens with one attached hydrogen (secondary N) is 1. The zero-order chi connectivity index (χ0) is 9.30. The lowest BCUT2D eigenvalue weighted by molar-refractivity contribution is 0.150. The summed E-state index contributed by atoms with van der Waals surface area (Å²) in [7, 11) is 0. The molecule has 0 saturated heterocycles. The van der Waals surface area contributed by atoms with Crippen molar-refractivity contribution in [2.24, 2.45) is 0 Å². The summed E-state index contributed by atoms with van der Waals surface area (Å²) in [6, 6.07) is 0. The summed E-state index contributed by atoms with van der Waals surface area (Å²) in [6.45, 7) is 0. The first-order valence-electron chi connectivity index (χ1n) is 3.08. The maximum absolute atomic E-state index is 12.0. The summed E-state index contributed by atoms with van der Waals surface area (Å²) in [5.74, 6) is -0.0931. The predicted octanol–water partition coefficient (Wildman–Crippen LogP) is 0.477. The molecule has 0 bridgehead atoms. The Hall–Kier alpha value is -1.59. The van der Waals surface area contributed by atoms with Crippen LogP contribution in [0.25, 0.3) is 0 Å². The van der Waals surface area contributed by atoms with E-state index in [0.29, 0.717) is 0 Å². The largest absolute Gasteiger partial charge is 0.393 e. The number of rotatable bonds is 1. The Morgan fingerprint density at radius 3 is 2.50 bits per heavy atom. The molecule has 1 heterocycles. The zero-order valence-electron chi connectivity index (χ0n) is 5.97. The molecule has 0 spiro atoms. The quantitative estimate of drug-likeness (QED) is 0.580. The van der Waals surface area contributed by atoms with Crippen molar-refractivity contribution in [2.45, 2.75) is 6.43 Å². The fourth-order valence-electron chi connectivity index (χ4n) is 0.739. The lowest BCUT2D eigenvalue weighted by atomic mass is 10.2. The summed E-state index contributed by atoms with van der Waals surface area (Å²) >= 11 is 0. The molecule has 66 valence electrons. The van der Waals surface area contributed by atoms with Crippen LogP contribution in [-0.4, -0.2) is 4.98 Å². The van der Waals surface area contributed by atoms with Crippen molar-refractivity contribution >= 4 is 11.5 Å². The standard InChI is InChI=1S/C6H7F2N3O/c7-5(8)2-1-11-6(10)3(9)4(2)12/h1,5H,9H2,(H3,10,11,12). The minimum Gasteiger partial charge on any atom is -0.393 e. The predicted molar refractivity (Wildman–Crippen MR) is 40.8 cm³/mol. The lowest BCUT2D eigenvalue weighted by Crippen LogP contribution is -2.17. The monoisotopic (exact) mass is 175 g/mol. The number of hydrogen-bond donors (Lipinski definition) is 3. The molecule has 0 radical (unpaired) electrons. The molecule has 0 unspecified atom stereocenters. The van der Waals surface area contributed by atoms with E-state index in [0.717, 1.165) is 6.20 Å². The van der Waals surface area contributed by atoms with Gasteiger partial charge < -0.3 is 16.5 Å². The third-order valence-electron chi connectivity index (χ3n) is 1.42. The van der Waals surface area contributed by atoms with Crippen molar-refractivity contribution in [1.82, 2.24) is 4.98 Å². The van der Waals surface area contributed by atoms with E-state index in [2.05, 4.69) is 4.98 Å². The van der Waals surface area contributed by atoms with Crippen molar-refractivity contribution in [3.63, 3.8) is 0 Å². The molecular formula is C6H7F2N3O. The van der Waals surface area contributed by atoms with Crippen LogP contribution < -0.4 is 16.9 Å². The number of aromatic nitrogens is 1. The van der Waals surface area contributed by atoms with Crippen molar-refractivity contribution in [2.75, 3.05) is 11.5 Å². The number of alkyl halides is 2. The third kappa shape index (κ3) is 1.23. The lowest BCUT2D eigenvalue weighted by Gasteiger charge is -2.02. The van der Waals surface area contributed by atoms with Gasteiger partial charge >= 0.3 is 0 Å². The van der Waals surface area contributed by atoms with Gasteiger partial charge in [0.25, 0.3) is 6.43 Å². The van der Waals surface area contributed by atoms with E-state index < -0.39 is 17.4 Å². The molecule has 0 fully saturated rings. The average molecular weight is 175 g/mol. The van der Waals surface area contributed by atoms with Gasteiger partial charge in [-0.15, -0.1) is 0 Å². The van der Waals surface area contributed by atoms with E-state index in [1.807, 2.05) is 0 Å². The first kappa shape index (κ1) is 8.51. The second-order valence-electron chi connectivity index (χ2n) is 2.20. The van der Waals surface area contributed by atoms with Crippen molar-refractivity contribution in [3.8, 4) is 0 Å². The number of nitrogens with two attached hydrogens (primary N) is 2. The number of anilines is 2. The van der Waals surface area contributed by atoms with Crippen molar-refractivity contribution in [3.05, 3.63) is 22.0 Å². The fraction of sp³-hybridized carbons (Fsp3) is 0.167. The average Bonchev–Trinajstić information content (AvgIpc) is 2.00. The van der Waals surface area contributed by atoms with Gasteiger partial charge in [-0.3, -0.25) is 4.79 Å². The van der Waals surface area contributed by atoms with Crippen LogP contribution in [0.2, 0.25) is 0 Å². The molecule has 12 heavy (non-hydrogen) atoms. The van der Waals surface area contributed by atoms with Gasteiger partial charge in [0.15, 0.2) is 0 Å². The van der Waals surface area contributed by atoms with E-state index in [4.69, 9.17) is 11.5 Å². The van der Waals surface area contributed by atoms with E-state index in [-0.39, 0.29) is 11.5 Å². The Morgan fingerprint density at radius 1 is 1.42 bits per heavy atom. The zero-order valence-corrected chi connectivity index (χ0v) is 5.97. The molecule has 0 saturated carbocycles. The van der Waals surface area contributed by atoms with Crippen molar-refractivity contribution in [1.29, 1.82) is 0 Å². The highest BCUT2D eigenvalue weighted by atomic mass is 19.3. The molecular weight excluding hydrogens is 168 g/mol. The highest BCUT2D eigenvalue weighted by Crippen LogP contribution is 2.16. The number of halogens is 2. The summed E-state index contributed by atoms with van der Waals surface area (Å²) in [4.78, 5) is 13.2. The molecule has 0 amide bonds. The highest BCUT2D eigenvalue weighted by Gasteiger charge is 2.14. The molecule has 1 rings (SSSR count). The summed E-state index contributed by atoms with van der Waals surface area (Å²) in [5.41, 5.74) is 8.33. The van der Waals surface area contributed by atoms with Crippen LogP contribution in [0.3, 0.4) is 0 Å². The Morgan fingerprint density at radius 2 is 2.00 bits per heavy atom. The molecule has 1 aromatic rings. The third-order valence-corrected chi connectivity index (χ3v) is 1.42. The number of nitrogen functional groups attached to an aromatic ring is 2. The van der Waals surface area contributed by atoms with E-state index >= 15 is 0 Å². The molecule has 0 aliphatic heterocycles. The fourth-order valence-corrected chi connectivity index (χ4v) is 0.739. The first-order valence-corrected chi connectivity index (χ1v) is 3.08. The van der Waals surface area contributed by atoms with Gasteiger partial charge in [-0.25, -0.2) is 8.78 Å². The Labute approximate surface area is 66.2 Å². The summed E-state index contributed by atoms with van der Waals surface area (Å²) in [5, 5.41) is 0. The van der Waals surface area contributed by atoms with Gasteiger partial charge in [-0.05, 0) is 0 Å². The van der Waals surface area contributed by atoms with Crippen LogP contribution in [0.1, 0.15) is 12.0 Å². The smallest absolute Gasteiger partial charge is 0.269 e. The molecule has 0 aliphatic rings. The maximum atomic E-state index is 12.0. The van der Waals surface area contributed by atoms with Gasteiger partial charge in [-0.1, -0.05) is 0 Å². The second kappa shape index (κ2) is 2.80. The molecule has 0 aliphatic carbocycles. The topological polar surface area (TPSA) is 84.9 Å². The van der Waals surface area contributed by atoms with Gasteiger partial charge in [0.05, 0.1) is 5.56 Å². The maximum Gasteiger partial charge on any atom is 0.269 e. The normalized spacial score (nSPS) is 10.6. The van der Waals surface area contributed by atoms with E-state index in [1.165, 1.54) is 0 Å². The van der Waals surface area contributed by atoms with Crippen LogP contribution in [0.4, 0.5) is 20.3 Å². The second-order valence-corrected chi connectivity index (χ2v) is 2.20. The minimum absolute atomic E-state index is 0.0931. The minimum atomic E-state index is -2.84. The van der Waals surface area contributed by atoms with Crippen LogP contribution >= 0.6 is 0 Å². The van der Waals surface area contributed by atoms with Gasteiger partial charge in [-0.2, -0.15) is 0 Å². The van der Waals surface area contributed by atoms with Gasteiger partial charge in [0.2, 0.25) is 5.43 Å². The first-order chi connectivity index (χ1) is 5.54. The number of H-pyrrole nitrogens is 1. The molecule has 4 nitrogen and oxygen atoms in total. The van der Waals surface area contributed by atoms with Crippen LogP contribution in [0.15, 0.2) is 11.0 Å². The van der Waals surface area contributed by atoms with E-state index in [1.54, 1.807) is 0 Å². The van der Waals surface area contributed by atoms with Gasteiger partial charge in [0.1, 0.15) is 11.5 Å². The molecule has 0 aromatic carbocycles. The van der Waals surface area contributed by atoms with Gasteiger partial charge in [0, 0.05) is 6.20 Å². The SMILES string of the molecule is Nc1[nH]cc(C(F)F)c(=O)c1N. The Kier molecular flexibility index (Phi) is 1.99. The van der Waals surface area contributed by atoms with Crippen LogP contribution in [0.5, 0.6) is 0 Å². The number of pyridine rings is 1. The van der Waals surface area contributed by atoms with Crippen molar-refractivity contribution < 1.29 is 8.78 Å². The molecule has 6 heteroatoms. The molecule has 0 atom stereocenters. The highest BCUT2D eigenvalue weighted by molar-refractivity contribution is 5.58. The number of aromatic amines is 1. The Bertz CT molecular complexity index is 347. The summed E-state index contributed by atoms with van der Waals surface area (Å²) < 4.78 is 24.0. The molecule has 1 aromatic heterocycles. The number of hydrogen-bond acceptors (Lipinski definition) is 3. The van der Waals surface area contributed by atoms with Crippen LogP contribution in [0, 0.1) is 0 Å². The molecule has 5 N–H and O–H groups in total. The Balaban J connectivity index is 3.37.